The van der Waals surface area contributed by atoms with Gasteiger partial charge in [-0.15, -0.1) is 0 Å². The summed E-state index contributed by atoms with van der Waals surface area (Å²) >= 11 is 5.88. The Hall–Kier alpha value is -3.12. The third kappa shape index (κ3) is 5.48. The first-order chi connectivity index (χ1) is 14.5. The van der Waals surface area contributed by atoms with E-state index in [0.29, 0.717) is 17.1 Å². The molecule has 7 heteroatoms. The molecule has 0 radical (unpaired) electrons. The molecule has 1 aromatic heterocycles. The van der Waals surface area contributed by atoms with Gasteiger partial charge in [0.1, 0.15) is 6.04 Å². The molecule has 0 aliphatic carbocycles. The molecule has 0 bridgehead atoms. The highest BCUT2D eigenvalue weighted by Crippen LogP contribution is 2.13. The fourth-order valence-corrected chi connectivity index (χ4v) is 3.13. The quantitative estimate of drug-likeness (QED) is 0.574. The van der Waals surface area contributed by atoms with Crippen LogP contribution in [0.25, 0.3) is 5.69 Å². The minimum atomic E-state index is -0.637. The number of aromatic nitrogens is 2. The zero-order chi connectivity index (χ0) is 21.5. The zero-order valence-corrected chi connectivity index (χ0v) is 17.8. The molecule has 30 heavy (non-hydrogen) atoms. The van der Waals surface area contributed by atoms with Crippen LogP contribution in [0.1, 0.15) is 36.2 Å². The van der Waals surface area contributed by atoms with Gasteiger partial charge in [0.05, 0.1) is 11.9 Å². The van der Waals surface area contributed by atoms with Crippen LogP contribution in [0, 0.1) is 5.92 Å². The van der Waals surface area contributed by atoms with Crippen molar-refractivity contribution in [3.63, 3.8) is 0 Å². The summed E-state index contributed by atoms with van der Waals surface area (Å²) < 4.78 is 1.76. The number of halogens is 1. The Bertz CT molecular complexity index is 986. The molecule has 2 atom stereocenters. The lowest BCUT2D eigenvalue weighted by Crippen LogP contribution is -2.50. The molecule has 2 unspecified atom stereocenters. The first kappa shape index (κ1) is 21.6. The van der Waals surface area contributed by atoms with Crippen molar-refractivity contribution < 1.29 is 9.59 Å². The van der Waals surface area contributed by atoms with Crippen molar-refractivity contribution in [2.75, 3.05) is 0 Å². The Morgan fingerprint density at radius 3 is 2.47 bits per heavy atom. The normalized spacial score (nSPS) is 12.8. The Morgan fingerprint density at radius 2 is 1.80 bits per heavy atom. The highest BCUT2D eigenvalue weighted by atomic mass is 35.5. The van der Waals surface area contributed by atoms with Crippen LogP contribution in [-0.4, -0.2) is 27.6 Å². The molecule has 3 aromatic rings. The Labute approximate surface area is 181 Å². The van der Waals surface area contributed by atoms with Crippen LogP contribution in [0.4, 0.5) is 0 Å². The average molecular weight is 425 g/mol. The second-order valence-corrected chi connectivity index (χ2v) is 7.63. The van der Waals surface area contributed by atoms with E-state index in [2.05, 4.69) is 15.7 Å². The van der Waals surface area contributed by atoms with Crippen molar-refractivity contribution in [3.05, 3.63) is 83.1 Å². The van der Waals surface area contributed by atoms with Gasteiger partial charge in [-0.05, 0) is 42.3 Å². The maximum atomic E-state index is 12.8. The van der Waals surface area contributed by atoms with Gasteiger partial charge in [-0.3, -0.25) is 9.59 Å². The summed E-state index contributed by atoms with van der Waals surface area (Å²) in [6, 6.07) is 15.7. The molecule has 2 aromatic carbocycles. The third-order valence-corrected chi connectivity index (χ3v) is 5.26. The molecular weight excluding hydrogens is 400 g/mol. The van der Waals surface area contributed by atoms with Crippen molar-refractivity contribution in [2.24, 2.45) is 5.92 Å². The molecule has 0 aliphatic heterocycles. The second-order valence-electron chi connectivity index (χ2n) is 7.19. The average Bonchev–Trinajstić information content (AvgIpc) is 3.25. The lowest BCUT2D eigenvalue weighted by molar-refractivity contribution is -0.124. The highest BCUT2D eigenvalue weighted by molar-refractivity contribution is 6.30. The van der Waals surface area contributed by atoms with Gasteiger partial charge in [-0.25, -0.2) is 4.68 Å². The van der Waals surface area contributed by atoms with Gasteiger partial charge in [0.15, 0.2) is 0 Å². The molecule has 0 saturated carbocycles. The van der Waals surface area contributed by atoms with Crippen LogP contribution in [-0.2, 0) is 11.3 Å². The maximum Gasteiger partial charge on any atom is 0.251 e. The van der Waals surface area contributed by atoms with Crippen LogP contribution in [0.15, 0.2) is 67.0 Å². The minimum Gasteiger partial charge on any atom is -0.350 e. The zero-order valence-electron chi connectivity index (χ0n) is 17.0. The van der Waals surface area contributed by atoms with E-state index in [0.717, 1.165) is 17.7 Å². The highest BCUT2D eigenvalue weighted by Gasteiger charge is 2.26. The SMILES string of the molecule is CCC(C)C(NC(=O)c1ccc(Cl)cc1)C(=O)NCc1cnn(-c2ccccc2)c1. The number of hydrogen-bond donors (Lipinski definition) is 2. The number of rotatable bonds is 8. The number of para-hydroxylation sites is 1. The molecule has 3 rings (SSSR count). The van der Waals surface area contributed by atoms with E-state index < -0.39 is 6.04 Å². The first-order valence-electron chi connectivity index (χ1n) is 9.91. The van der Waals surface area contributed by atoms with Gasteiger partial charge >= 0.3 is 0 Å². The lowest BCUT2D eigenvalue weighted by Gasteiger charge is -2.23. The number of carbonyl (C=O) groups is 2. The molecule has 1 heterocycles. The van der Waals surface area contributed by atoms with Crippen molar-refractivity contribution in [3.8, 4) is 5.69 Å². The summed E-state index contributed by atoms with van der Waals surface area (Å²) in [5.41, 5.74) is 2.28. The standard InChI is InChI=1S/C23H25ClN4O2/c1-3-16(2)21(27-22(29)18-9-11-19(24)12-10-18)23(30)25-13-17-14-26-28(15-17)20-7-5-4-6-8-20/h4-12,14-16,21H,3,13H2,1-2H3,(H,25,30)(H,27,29). The molecule has 6 nitrogen and oxygen atoms in total. The summed E-state index contributed by atoms with van der Waals surface area (Å²) in [6.07, 6.45) is 4.35. The van der Waals surface area contributed by atoms with Crippen molar-refractivity contribution in [1.82, 2.24) is 20.4 Å². The molecule has 0 aliphatic rings. The number of nitrogens with zero attached hydrogens (tertiary/aromatic N) is 2. The summed E-state index contributed by atoms with van der Waals surface area (Å²) in [5.74, 6) is -0.545. The number of hydrogen-bond acceptors (Lipinski definition) is 3. The van der Waals surface area contributed by atoms with Gasteiger partial charge in [-0.2, -0.15) is 5.10 Å². The van der Waals surface area contributed by atoms with Gasteiger partial charge in [0, 0.05) is 28.9 Å². The van der Waals surface area contributed by atoms with E-state index in [-0.39, 0.29) is 17.7 Å². The summed E-state index contributed by atoms with van der Waals surface area (Å²) in [4.78, 5) is 25.4. The van der Waals surface area contributed by atoms with Gasteiger partial charge in [0.25, 0.3) is 5.91 Å². The lowest BCUT2D eigenvalue weighted by atomic mass is 9.97. The predicted molar refractivity (Wildman–Crippen MR) is 118 cm³/mol. The van der Waals surface area contributed by atoms with E-state index in [1.54, 1.807) is 35.1 Å². The molecule has 2 N–H and O–H groups in total. The van der Waals surface area contributed by atoms with E-state index in [1.165, 1.54) is 0 Å². The monoisotopic (exact) mass is 424 g/mol. The van der Waals surface area contributed by atoms with Crippen LogP contribution in [0.2, 0.25) is 5.02 Å². The second kappa shape index (κ2) is 10.1. The Balaban J connectivity index is 1.63. The fourth-order valence-electron chi connectivity index (χ4n) is 3.00. The van der Waals surface area contributed by atoms with E-state index in [4.69, 9.17) is 11.6 Å². The third-order valence-electron chi connectivity index (χ3n) is 5.01. The summed E-state index contributed by atoms with van der Waals surface area (Å²) in [5, 5.41) is 10.7. The maximum absolute atomic E-state index is 12.8. The summed E-state index contributed by atoms with van der Waals surface area (Å²) in [7, 11) is 0. The van der Waals surface area contributed by atoms with Crippen molar-refractivity contribution in [2.45, 2.75) is 32.9 Å². The van der Waals surface area contributed by atoms with Gasteiger partial charge < -0.3 is 10.6 Å². The van der Waals surface area contributed by atoms with Crippen molar-refractivity contribution >= 4 is 23.4 Å². The molecule has 0 fully saturated rings. The number of nitrogens with one attached hydrogen (secondary N) is 2. The summed E-state index contributed by atoms with van der Waals surface area (Å²) in [6.45, 7) is 4.26. The van der Waals surface area contributed by atoms with Crippen LogP contribution < -0.4 is 10.6 Å². The van der Waals surface area contributed by atoms with Gasteiger partial charge in [0.2, 0.25) is 5.91 Å². The van der Waals surface area contributed by atoms with Crippen LogP contribution in [0.5, 0.6) is 0 Å². The first-order valence-corrected chi connectivity index (χ1v) is 10.3. The molecule has 0 saturated heterocycles. The largest absolute Gasteiger partial charge is 0.350 e. The van der Waals surface area contributed by atoms with Crippen molar-refractivity contribution in [1.29, 1.82) is 0 Å². The Morgan fingerprint density at radius 1 is 1.10 bits per heavy atom. The number of amides is 2. The van der Waals surface area contributed by atoms with Gasteiger partial charge in [-0.1, -0.05) is 50.1 Å². The molecular formula is C23H25ClN4O2. The minimum absolute atomic E-state index is 0.0201. The molecule has 0 spiro atoms. The topological polar surface area (TPSA) is 76.0 Å². The smallest absolute Gasteiger partial charge is 0.251 e. The fraction of sp³-hybridized carbons (Fsp3) is 0.261. The number of benzene rings is 2. The van der Waals surface area contributed by atoms with E-state index in [1.807, 2.05) is 50.4 Å². The predicted octanol–water partition coefficient (Wildman–Crippen LogP) is 3.99. The van der Waals surface area contributed by atoms with Crippen LogP contribution in [0.3, 0.4) is 0 Å². The van der Waals surface area contributed by atoms with Crippen LogP contribution >= 0.6 is 11.6 Å². The Kier molecular flexibility index (Phi) is 7.25. The number of carbonyl (C=O) groups excluding carboxylic acids is 2. The molecule has 156 valence electrons. The van der Waals surface area contributed by atoms with E-state index in [9.17, 15) is 9.59 Å². The molecule has 2 amide bonds. The van der Waals surface area contributed by atoms with E-state index >= 15 is 0 Å².